The third-order valence-electron chi connectivity index (χ3n) is 4.45. The molecule has 0 saturated carbocycles. The van der Waals surface area contributed by atoms with Gasteiger partial charge in [-0.15, -0.1) is 0 Å². The van der Waals surface area contributed by atoms with Crippen LogP contribution in [0, 0.1) is 6.92 Å². The second-order valence-corrected chi connectivity index (χ2v) is 6.62. The van der Waals surface area contributed by atoms with Gasteiger partial charge < -0.3 is 9.84 Å². The second kappa shape index (κ2) is 8.37. The molecule has 2 aromatic carbocycles. The van der Waals surface area contributed by atoms with Crippen LogP contribution >= 0.6 is 11.6 Å². The Morgan fingerprint density at radius 2 is 1.85 bits per heavy atom. The van der Waals surface area contributed by atoms with Crippen LogP contribution in [0.15, 0.2) is 53.3 Å². The number of nitrogens with zero attached hydrogens (tertiary/aromatic N) is 2. The first-order chi connectivity index (χ1) is 13.0. The molecule has 1 heterocycles. The number of rotatable bonds is 6. The van der Waals surface area contributed by atoms with E-state index in [1.807, 2.05) is 36.4 Å². The summed E-state index contributed by atoms with van der Waals surface area (Å²) in [6.45, 7) is 2.00. The first kappa shape index (κ1) is 19.1. The number of methoxy groups -OCH3 is 1. The van der Waals surface area contributed by atoms with Gasteiger partial charge in [-0.05, 0) is 37.3 Å². The number of hydrogen-bond acceptors (Lipinski definition) is 4. The van der Waals surface area contributed by atoms with Crippen LogP contribution < -0.4 is 10.3 Å². The molecule has 0 aliphatic rings. The van der Waals surface area contributed by atoms with E-state index in [0.717, 1.165) is 11.1 Å². The Hall–Kier alpha value is -2.63. The van der Waals surface area contributed by atoms with Crippen LogP contribution in [-0.4, -0.2) is 28.4 Å². The maximum Gasteiger partial charge on any atom is 0.257 e. The third kappa shape index (κ3) is 4.04. The number of aryl methyl sites for hydroxylation is 1. The molecule has 5 nitrogen and oxygen atoms in total. The highest BCUT2D eigenvalue weighted by atomic mass is 35.5. The Labute approximate surface area is 162 Å². The zero-order chi connectivity index (χ0) is 19.4. The standard InChI is InChI=1S/C21H21ClN2O3/c1-14-18(11-12-25)21(26)24(13-16-5-3-4-6-19(16)27-2)20(23-14)15-7-9-17(22)10-8-15/h3-10,25H,11-13H2,1-2H3. The minimum absolute atomic E-state index is 0.104. The lowest BCUT2D eigenvalue weighted by molar-refractivity contribution is 0.298. The van der Waals surface area contributed by atoms with Crippen molar-refractivity contribution in [1.82, 2.24) is 9.55 Å². The summed E-state index contributed by atoms with van der Waals surface area (Å²) >= 11 is 6.00. The van der Waals surface area contributed by atoms with Gasteiger partial charge >= 0.3 is 0 Å². The van der Waals surface area contributed by atoms with E-state index in [1.165, 1.54) is 0 Å². The molecule has 1 aromatic heterocycles. The summed E-state index contributed by atoms with van der Waals surface area (Å²) in [6, 6.07) is 14.8. The molecule has 0 fully saturated rings. The molecule has 0 atom stereocenters. The number of aliphatic hydroxyl groups excluding tert-OH is 1. The number of aromatic nitrogens is 2. The molecule has 0 saturated heterocycles. The molecule has 3 rings (SSSR count). The fourth-order valence-corrected chi connectivity index (χ4v) is 3.20. The van der Waals surface area contributed by atoms with E-state index in [2.05, 4.69) is 4.98 Å². The van der Waals surface area contributed by atoms with Crippen LogP contribution in [0.3, 0.4) is 0 Å². The smallest absolute Gasteiger partial charge is 0.257 e. The monoisotopic (exact) mass is 384 g/mol. The summed E-state index contributed by atoms with van der Waals surface area (Å²) in [5, 5.41) is 9.95. The van der Waals surface area contributed by atoms with Crippen molar-refractivity contribution in [1.29, 1.82) is 0 Å². The Morgan fingerprint density at radius 3 is 2.52 bits per heavy atom. The van der Waals surface area contributed by atoms with Crippen LogP contribution in [0.4, 0.5) is 0 Å². The number of aliphatic hydroxyl groups is 1. The SMILES string of the molecule is COc1ccccc1Cn1c(-c2ccc(Cl)cc2)nc(C)c(CCO)c1=O. The van der Waals surface area contributed by atoms with E-state index in [1.54, 1.807) is 30.7 Å². The molecular formula is C21H21ClN2O3. The molecule has 0 spiro atoms. The summed E-state index contributed by atoms with van der Waals surface area (Å²) in [6.07, 6.45) is 0.268. The minimum Gasteiger partial charge on any atom is -0.496 e. The lowest BCUT2D eigenvalue weighted by Crippen LogP contribution is -2.29. The summed E-state index contributed by atoms with van der Waals surface area (Å²) in [5.74, 6) is 1.26. The first-order valence-electron chi connectivity index (χ1n) is 8.64. The molecule has 3 aromatic rings. The summed E-state index contributed by atoms with van der Waals surface area (Å²) in [7, 11) is 1.60. The number of para-hydroxylation sites is 1. The summed E-state index contributed by atoms with van der Waals surface area (Å²) in [5.41, 5.74) is 2.65. The van der Waals surface area contributed by atoms with Gasteiger partial charge in [0.05, 0.1) is 13.7 Å². The fraction of sp³-hybridized carbons (Fsp3) is 0.238. The maximum absolute atomic E-state index is 13.2. The van der Waals surface area contributed by atoms with Crippen LogP contribution in [0.2, 0.25) is 5.02 Å². The Bertz CT molecular complexity index is 997. The number of benzene rings is 2. The first-order valence-corrected chi connectivity index (χ1v) is 9.02. The van der Waals surface area contributed by atoms with Crippen molar-refractivity contribution >= 4 is 11.6 Å². The van der Waals surface area contributed by atoms with Crippen molar-refractivity contribution in [3.63, 3.8) is 0 Å². The van der Waals surface area contributed by atoms with Crippen LogP contribution in [0.25, 0.3) is 11.4 Å². The van der Waals surface area contributed by atoms with Gasteiger partial charge in [-0.25, -0.2) is 4.98 Å². The van der Waals surface area contributed by atoms with E-state index in [0.29, 0.717) is 34.4 Å². The summed E-state index contributed by atoms with van der Waals surface area (Å²) in [4.78, 5) is 17.9. The van der Waals surface area contributed by atoms with Gasteiger partial charge in [0, 0.05) is 40.4 Å². The van der Waals surface area contributed by atoms with Gasteiger partial charge in [-0.3, -0.25) is 9.36 Å². The molecule has 0 radical (unpaired) electrons. The van der Waals surface area contributed by atoms with Gasteiger partial charge in [-0.1, -0.05) is 29.8 Å². The van der Waals surface area contributed by atoms with Gasteiger partial charge in [-0.2, -0.15) is 0 Å². The average molecular weight is 385 g/mol. The molecule has 0 bridgehead atoms. The zero-order valence-corrected chi connectivity index (χ0v) is 16.0. The largest absolute Gasteiger partial charge is 0.496 e. The fourth-order valence-electron chi connectivity index (χ4n) is 3.07. The Balaban J connectivity index is 2.20. The van der Waals surface area contributed by atoms with Gasteiger partial charge in [0.15, 0.2) is 0 Å². The van der Waals surface area contributed by atoms with Gasteiger partial charge in [0.25, 0.3) is 5.56 Å². The van der Waals surface area contributed by atoms with E-state index in [9.17, 15) is 9.90 Å². The lowest BCUT2D eigenvalue weighted by Gasteiger charge is -2.17. The predicted octanol–water partition coefficient (Wildman–Crippen LogP) is 3.46. The third-order valence-corrected chi connectivity index (χ3v) is 4.71. The molecule has 27 heavy (non-hydrogen) atoms. The number of halogens is 1. The molecule has 0 aliphatic carbocycles. The normalized spacial score (nSPS) is 10.8. The Kier molecular flexibility index (Phi) is 5.94. The highest BCUT2D eigenvalue weighted by molar-refractivity contribution is 6.30. The second-order valence-electron chi connectivity index (χ2n) is 6.18. The van der Waals surface area contributed by atoms with E-state index in [-0.39, 0.29) is 18.6 Å². The molecule has 0 aliphatic heterocycles. The van der Waals surface area contributed by atoms with Crippen LogP contribution in [-0.2, 0) is 13.0 Å². The Morgan fingerprint density at radius 1 is 1.15 bits per heavy atom. The van der Waals surface area contributed by atoms with E-state index >= 15 is 0 Å². The van der Waals surface area contributed by atoms with Crippen LogP contribution in [0.5, 0.6) is 5.75 Å². The topological polar surface area (TPSA) is 64.3 Å². The van der Waals surface area contributed by atoms with E-state index < -0.39 is 0 Å². The van der Waals surface area contributed by atoms with Crippen molar-refractivity contribution in [2.24, 2.45) is 0 Å². The lowest BCUT2D eigenvalue weighted by atomic mass is 10.1. The molecule has 6 heteroatoms. The highest BCUT2D eigenvalue weighted by Crippen LogP contribution is 2.23. The van der Waals surface area contributed by atoms with Gasteiger partial charge in [0.1, 0.15) is 11.6 Å². The number of hydrogen-bond donors (Lipinski definition) is 1. The molecule has 1 N–H and O–H groups in total. The van der Waals surface area contributed by atoms with Gasteiger partial charge in [0.2, 0.25) is 0 Å². The highest BCUT2D eigenvalue weighted by Gasteiger charge is 2.17. The molecular weight excluding hydrogens is 364 g/mol. The van der Waals surface area contributed by atoms with E-state index in [4.69, 9.17) is 16.3 Å². The predicted molar refractivity (Wildman–Crippen MR) is 107 cm³/mol. The van der Waals surface area contributed by atoms with Crippen molar-refractivity contribution in [2.45, 2.75) is 19.9 Å². The average Bonchev–Trinajstić information content (AvgIpc) is 2.68. The molecule has 140 valence electrons. The van der Waals surface area contributed by atoms with Crippen molar-refractivity contribution in [2.75, 3.05) is 13.7 Å². The van der Waals surface area contributed by atoms with Crippen molar-refractivity contribution in [3.05, 3.63) is 80.7 Å². The molecule has 0 amide bonds. The summed E-state index contributed by atoms with van der Waals surface area (Å²) < 4.78 is 7.05. The number of ether oxygens (including phenoxy) is 1. The maximum atomic E-state index is 13.2. The van der Waals surface area contributed by atoms with Crippen molar-refractivity contribution in [3.8, 4) is 17.1 Å². The van der Waals surface area contributed by atoms with Crippen LogP contribution in [0.1, 0.15) is 16.8 Å². The zero-order valence-electron chi connectivity index (χ0n) is 15.3. The quantitative estimate of drug-likeness (QED) is 0.706. The molecule has 0 unspecified atom stereocenters. The minimum atomic E-state index is -0.160. The van der Waals surface area contributed by atoms with Crippen molar-refractivity contribution < 1.29 is 9.84 Å².